The fourth-order valence-corrected chi connectivity index (χ4v) is 3.13. The molecule has 0 radical (unpaired) electrons. The lowest BCUT2D eigenvalue weighted by Gasteiger charge is -2.34. The van der Waals surface area contributed by atoms with Crippen molar-refractivity contribution in [2.24, 2.45) is 0 Å². The molecule has 0 saturated carbocycles. The van der Waals surface area contributed by atoms with Gasteiger partial charge in [0.2, 0.25) is 0 Å². The highest BCUT2D eigenvalue weighted by Crippen LogP contribution is 2.20. The number of benzene rings is 2. The van der Waals surface area contributed by atoms with E-state index in [1.807, 2.05) is 36.4 Å². The first-order valence-corrected chi connectivity index (χ1v) is 9.09. The monoisotopic (exact) mass is 358 g/mol. The average molecular weight is 358 g/mol. The molecule has 3 rings (SSSR count). The van der Waals surface area contributed by atoms with Gasteiger partial charge in [-0.05, 0) is 29.8 Å². The van der Waals surface area contributed by atoms with Gasteiger partial charge < -0.3 is 19.5 Å². The molecule has 1 amide bonds. The molecule has 1 aliphatic rings. The number of hydrogen-bond acceptors (Lipinski definition) is 5. The summed E-state index contributed by atoms with van der Waals surface area (Å²) in [5.74, 6) is 0.759. The molecule has 1 N–H and O–H groups in total. The Morgan fingerprint density at radius 2 is 1.85 bits per heavy atom. The molecule has 26 heavy (non-hydrogen) atoms. The lowest BCUT2D eigenvalue weighted by molar-refractivity contribution is 0.0408. The number of carbonyl (C=O) groups is 1. The molecule has 1 saturated heterocycles. The van der Waals surface area contributed by atoms with E-state index in [0.29, 0.717) is 26.2 Å². The topological polar surface area (TPSA) is 62.2 Å². The van der Waals surface area contributed by atoms with Gasteiger partial charge in [0.05, 0.1) is 6.61 Å². The molecule has 0 unspecified atom stereocenters. The van der Waals surface area contributed by atoms with Crippen LogP contribution in [0.25, 0.3) is 10.8 Å². The minimum atomic E-state index is -0.574. The fraction of sp³-hybridized carbons (Fsp3) is 0.450. The van der Waals surface area contributed by atoms with Crippen molar-refractivity contribution in [2.75, 3.05) is 45.9 Å². The molecule has 2 aromatic rings. The third-order valence-electron chi connectivity index (χ3n) is 4.53. The van der Waals surface area contributed by atoms with Crippen LogP contribution in [0.15, 0.2) is 42.5 Å². The molecule has 6 nitrogen and oxygen atoms in total. The van der Waals surface area contributed by atoms with E-state index in [1.54, 1.807) is 11.8 Å². The number of carbonyl (C=O) groups excluding carboxylic acids is 1. The smallest absolute Gasteiger partial charge is 0.409 e. The molecule has 0 aliphatic carbocycles. The standard InChI is InChI=1S/C20H26N2O4/c1-2-25-20(24)22-11-9-21(10-12-22)14-18(23)15-26-19-8-7-16-5-3-4-6-17(16)13-19/h3-8,13,18,23H,2,9-12,14-15H2,1H3/t18-/m0/s1. The van der Waals surface area contributed by atoms with Gasteiger partial charge in [-0.25, -0.2) is 4.79 Å². The van der Waals surface area contributed by atoms with Crippen LogP contribution in [0, 0.1) is 0 Å². The van der Waals surface area contributed by atoms with Gasteiger partial charge in [0.1, 0.15) is 18.5 Å². The molecule has 0 aromatic heterocycles. The van der Waals surface area contributed by atoms with Gasteiger partial charge in [-0.1, -0.05) is 30.3 Å². The second kappa shape index (κ2) is 8.87. The largest absolute Gasteiger partial charge is 0.491 e. The Morgan fingerprint density at radius 3 is 2.58 bits per heavy atom. The summed E-state index contributed by atoms with van der Waals surface area (Å²) in [4.78, 5) is 15.5. The van der Waals surface area contributed by atoms with Gasteiger partial charge >= 0.3 is 6.09 Å². The second-order valence-electron chi connectivity index (χ2n) is 6.46. The number of aliphatic hydroxyl groups is 1. The SMILES string of the molecule is CCOC(=O)N1CCN(C[C@H](O)COc2ccc3ccccc3c2)CC1. The van der Waals surface area contributed by atoms with E-state index in [4.69, 9.17) is 9.47 Å². The highest BCUT2D eigenvalue weighted by molar-refractivity contribution is 5.83. The van der Waals surface area contributed by atoms with Gasteiger partial charge in [-0.2, -0.15) is 0 Å². The summed E-state index contributed by atoms with van der Waals surface area (Å²) < 4.78 is 10.8. The zero-order valence-electron chi connectivity index (χ0n) is 15.1. The predicted octanol–water partition coefficient (Wildman–Crippen LogP) is 2.35. The summed E-state index contributed by atoms with van der Waals surface area (Å²) in [6.07, 6.45) is -0.831. The van der Waals surface area contributed by atoms with Gasteiger partial charge in [0.25, 0.3) is 0 Å². The van der Waals surface area contributed by atoms with E-state index in [9.17, 15) is 9.90 Å². The summed E-state index contributed by atoms with van der Waals surface area (Å²) in [6.45, 7) is 5.68. The van der Waals surface area contributed by atoms with Crippen molar-refractivity contribution in [2.45, 2.75) is 13.0 Å². The van der Waals surface area contributed by atoms with Gasteiger partial charge in [-0.3, -0.25) is 4.90 Å². The quantitative estimate of drug-likeness (QED) is 0.859. The number of β-amino-alcohol motifs (C(OH)–C–C–N with tert-alkyl or cyclic N) is 1. The molecule has 0 spiro atoms. The van der Waals surface area contributed by atoms with E-state index < -0.39 is 6.10 Å². The zero-order chi connectivity index (χ0) is 18.4. The number of ether oxygens (including phenoxy) is 2. The Morgan fingerprint density at radius 1 is 1.12 bits per heavy atom. The van der Waals surface area contributed by atoms with Gasteiger partial charge in [0, 0.05) is 32.7 Å². The highest BCUT2D eigenvalue weighted by atomic mass is 16.6. The minimum absolute atomic E-state index is 0.246. The van der Waals surface area contributed by atoms with Crippen LogP contribution in [0.4, 0.5) is 4.79 Å². The maximum absolute atomic E-state index is 11.7. The van der Waals surface area contributed by atoms with E-state index in [0.717, 1.165) is 24.2 Å². The Kier molecular flexibility index (Phi) is 6.30. The molecule has 1 heterocycles. The van der Waals surface area contributed by atoms with Crippen molar-refractivity contribution in [3.63, 3.8) is 0 Å². The van der Waals surface area contributed by atoms with Gasteiger partial charge in [0.15, 0.2) is 0 Å². The van der Waals surface area contributed by atoms with Crippen molar-refractivity contribution in [1.82, 2.24) is 9.80 Å². The van der Waals surface area contributed by atoms with E-state index >= 15 is 0 Å². The first-order valence-electron chi connectivity index (χ1n) is 9.09. The molecule has 1 atom stereocenters. The fourth-order valence-electron chi connectivity index (χ4n) is 3.13. The maximum atomic E-state index is 11.7. The number of hydrogen-bond donors (Lipinski definition) is 1. The maximum Gasteiger partial charge on any atom is 0.409 e. The second-order valence-corrected chi connectivity index (χ2v) is 6.46. The Hall–Kier alpha value is -2.31. The van der Waals surface area contributed by atoms with Crippen molar-refractivity contribution in [3.8, 4) is 5.75 Å². The number of rotatable bonds is 6. The van der Waals surface area contributed by atoms with Crippen LogP contribution in [0.1, 0.15) is 6.92 Å². The minimum Gasteiger partial charge on any atom is -0.491 e. The number of piperazine rings is 1. The Bertz CT molecular complexity index is 729. The number of amides is 1. The molecule has 140 valence electrons. The summed E-state index contributed by atoms with van der Waals surface area (Å²) in [6, 6.07) is 14.0. The first-order chi connectivity index (χ1) is 12.7. The van der Waals surface area contributed by atoms with Crippen LogP contribution < -0.4 is 4.74 Å². The van der Waals surface area contributed by atoms with Crippen molar-refractivity contribution >= 4 is 16.9 Å². The van der Waals surface area contributed by atoms with Crippen molar-refractivity contribution in [3.05, 3.63) is 42.5 Å². The summed E-state index contributed by atoms with van der Waals surface area (Å²) in [7, 11) is 0. The number of fused-ring (bicyclic) bond motifs is 1. The molecule has 6 heteroatoms. The lowest BCUT2D eigenvalue weighted by atomic mass is 10.1. The normalized spacial score (nSPS) is 16.5. The first kappa shape index (κ1) is 18.5. The van der Waals surface area contributed by atoms with Crippen LogP contribution in [0.2, 0.25) is 0 Å². The van der Waals surface area contributed by atoms with Crippen molar-refractivity contribution in [1.29, 1.82) is 0 Å². The van der Waals surface area contributed by atoms with Crippen LogP contribution in [-0.2, 0) is 4.74 Å². The predicted molar refractivity (Wildman–Crippen MR) is 100 cm³/mol. The Balaban J connectivity index is 1.43. The summed E-state index contributed by atoms with van der Waals surface area (Å²) in [5.41, 5.74) is 0. The zero-order valence-corrected chi connectivity index (χ0v) is 15.1. The summed E-state index contributed by atoms with van der Waals surface area (Å²) >= 11 is 0. The summed E-state index contributed by atoms with van der Waals surface area (Å²) in [5, 5.41) is 12.5. The van der Waals surface area contributed by atoms with Gasteiger partial charge in [-0.15, -0.1) is 0 Å². The van der Waals surface area contributed by atoms with Crippen LogP contribution in [-0.4, -0.2) is 73.0 Å². The number of aliphatic hydroxyl groups excluding tert-OH is 1. The molecular formula is C20H26N2O4. The van der Waals surface area contributed by atoms with E-state index in [2.05, 4.69) is 11.0 Å². The molecule has 1 aliphatic heterocycles. The van der Waals surface area contributed by atoms with Crippen LogP contribution in [0.5, 0.6) is 5.75 Å². The van der Waals surface area contributed by atoms with Crippen LogP contribution in [0.3, 0.4) is 0 Å². The molecule has 2 aromatic carbocycles. The van der Waals surface area contributed by atoms with E-state index in [1.165, 1.54) is 5.39 Å². The number of nitrogens with zero attached hydrogens (tertiary/aromatic N) is 2. The third kappa shape index (κ3) is 4.86. The molecule has 1 fully saturated rings. The third-order valence-corrected chi connectivity index (χ3v) is 4.53. The molecule has 0 bridgehead atoms. The van der Waals surface area contributed by atoms with E-state index in [-0.39, 0.29) is 12.7 Å². The lowest BCUT2D eigenvalue weighted by Crippen LogP contribution is -2.51. The Labute approximate surface area is 153 Å². The van der Waals surface area contributed by atoms with Crippen molar-refractivity contribution < 1.29 is 19.4 Å². The average Bonchev–Trinajstić information content (AvgIpc) is 2.67. The van der Waals surface area contributed by atoms with Crippen LogP contribution >= 0.6 is 0 Å². The molecular weight excluding hydrogens is 332 g/mol. The highest BCUT2D eigenvalue weighted by Gasteiger charge is 2.23.